The molecule has 0 radical (unpaired) electrons. The first-order chi connectivity index (χ1) is 6.97. The fourth-order valence-corrected chi connectivity index (χ4v) is 2.00. The van der Waals surface area contributed by atoms with Gasteiger partial charge < -0.3 is 4.74 Å². The first-order valence-corrected chi connectivity index (χ1v) is 5.74. The third-order valence-electron chi connectivity index (χ3n) is 2.69. The molecule has 1 atom stereocenters. The summed E-state index contributed by atoms with van der Waals surface area (Å²) in [5, 5.41) is 0. The fraction of sp³-hybridized carbons (Fsp3) is 0.500. The van der Waals surface area contributed by atoms with E-state index in [-0.39, 0.29) is 5.41 Å². The van der Waals surface area contributed by atoms with Gasteiger partial charge in [-0.1, -0.05) is 42.3 Å². The van der Waals surface area contributed by atoms with Crippen LogP contribution in [0.1, 0.15) is 31.9 Å². The molecule has 1 aliphatic rings. The Bertz CT molecular complexity index is 370. The summed E-state index contributed by atoms with van der Waals surface area (Å²) in [5.41, 5.74) is 2.85. The topological polar surface area (TPSA) is 12.5 Å². The number of fused-ring (bicyclic) bond motifs is 1. The third kappa shape index (κ3) is 2.32. The van der Waals surface area contributed by atoms with Crippen LogP contribution >= 0.6 is 9.39 Å². The molecule has 0 amide bonds. The lowest BCUT2D eigenvalue weighted by Gasteiger charge is -2.27. The summed E-state index contributed by atoms with van der Waals surface area (Å²) in [4.78, 5) is 0. The second-order valence-electron chi connectivity index (χ2n) is 5.09. The predicted octanol–water partition coefficient (Wildman–Crippen LogP) is 2.93. The van der Waals surface area contributed by atoms with Crippen LogP contribution in [0.15, 0.2) is 18.2 Å². The van der Waals surface area contributed by atoms with Crippen LogP contribution in [0.5, 0.6) is 5.75 Å². The van der Waals surface area contributed by atoms with Crippen molar-refractivity contribution in [1.29, 1.82) is 0 Å². The molecule has 0 saturated heterocycles. The smallest absolute Gasteiger partial charge is 0.145 e. The van der Waals surface area contributed by atoms with Crippen LogP contribution in [0.25, 0.3) is 0 Å². The quantitative estimate of drug-likeness (QED) is 0.627. The second-order valence-corrected chi connectivity index (χ2v) is 5.82. The Hall–Kier alpha value is -0.590. The van der Waals surface area contributed by atoms with Gasteiger partial charge in [0.25, 0.3) is 0 Å². The van der Waals surface area contributed by atoms with Gasteiger partial charge in [0.2, 0.25) is 0 Å². The summed E-state index contributed by atoms with van der Waals surface area (Å²) in [5.74, 6) is 1.03. The lowest BCUT2D eigenvalue weighted by Crippen LogP contribution is -2.24. The molecule has 15 heavy (non-hydrogen) atoms. The van der Waals surface area contributed by atoms with Crippen LogP contribution in [0, 0.1) is 0 Å². The van der Waals surface area contributed by atoms with Gasteiger partial charge in [-0.3, -0.25) is 4.67 Å². The Balaban J connectivity index is 2.37. The summed E-state index contributed by atoms with van der Waals surface area (Å²) in [7, 11) is 2.68. The zero-order chi connectivity index (χ0) is 11.1. The highest BCUT2D eigenvalue weighted by atomic mass is 31.0. The van der Waals surface area contributed by atoms with Gasteiger partial charge in [-0.25, -0.2) is 0 Å². The van der Waals surface area contributed by atoms with E-state index in [0.29, 0.717) is 6.73 Å². The molecule has 1 unspecified atom stereocenters. The molecule has 0 spiro atoms. The van der Waals surface area contributed by atoms with Crippen molar-refractivity contribution in [3.05, 3.63) is 29.3 Å². The van der Waals surface area contributed by atoms with E-state index in [4.69, 9.17) is 4.74 Å². The summed E-state index contributed by atoms with van der Waals surface area (Å²) in [6.45, 7) is 8.31. The number of ether oxygens (including phenoxy) is 1. The highest BCUT2D eigenvalue weighted by Gasteiger charge is 2.19. The number of rotatable bonds is 0. The van der Waals surface area contributed by atoms with Crippen molar-refractivity contribution in [2.75, 3.05) is 6.73 Å². The van der Waals surface area contributed by atoms with Crippen LogP contribution < -0.4 is 4.74 Å². The van der Waals surface area contributed by atoms with Gasteiger partial charge in [-0.05, 0) is 17.0 Å². The Morgan fingerprint density at radius 1 is 1.33 bits per heavy atom. The van der Waals surface area contributed by atoms with E-state index in [0.717, 1.165) is 12.3 Å². The highest BCUT2D eigenvalue weighted by molar-refractivity contribution is 7.13. The molecule has 1 aromatic rings. The Kier molecular flexibility index (Phi) is 2.74. The Labute approximate surface area is 93.9 Å². The summed E-state index contributed by atoms with van der Waals surface area (Å²) < 4.78 is 7.70. The van der Waals surface area contributed by atoms with Crippen molar-refractivity contribution in [3.63, 3.8) is 0 Å². The van der Waals surface area contributed by atoms with Gasteiger partial charge in [-0.2, -0.15) is 0 Å². The number of hydrogen-bond donors (Lipinski definition) is 0. The highest BCUT2D eigenvalue weighted by Crippen LogP contribution is 2.31. The van der Waals surface area contributed by atoms with E-state index < -0.39 is 0 Å². The Morgan fingerprint density at radius 2 is 2.07 bits per heavy atom. The normalized spacial score (nSPS) is 17.1. The molecule has 1 aliphatic heterocycles. The van der Waals surface area contributed by atoms with E-state index in [1.165, 1.54) is 11.1 Å². The molecule has 0 aromatic heterocycles. The van der Waals surface area contributed by atoms with Crippen molar-refractivity contribution in [3.8, 4) is 5.75 Å². The largest absolute Gasteiger partial charge is 0.478 e. The molecule has 3 heteroatoms. The van der Waals surface area contributed by atoms with Gasteiger partial charge in [0.05, 0.1) is 0 Å². The van der Waals surface area contributed by atoms with Crippen LogP contribution in [0.3, 0.4) is 0 Å². The first-order valence-electron chi connectivity index (χ1n) is 5.23. The minimum Gasteiger partial charge on any atom is -0.478 e. The van der Waals surface area contributed by atoms with E-state index in [1.807, 2.05) is 0 Å². The third-order valence-corrected chi connectivity index (χ3v) is 3.02. The molecule has 1 aromatic carbocycles. The maximum Gasteiger partial charge on any atom is 0.145 e. The monoisotopic (exact) mass is 223 g/mol. The van der Waals surface area contributed by atoms with E-state index in [1.54, 1.807) is 0 Å². The molecule has 0 N–H and O–H groups in total. The van der Waals surface area contributed by atoms with Crippen molar-refractivity contribution >= 4 is 9.39 Å². The van der Waals surface area contributed by atoms with Gasteiger partial charge in [0.15, 0.2) is 0 Å². The lowest BCUT2D eigenvalue weighted by molar-refractivity contribution is 0.180. The molecule has 0 bridgehead atoms. The number of nitrogens with zero attached hydrogens (tertiary/aromatic N) is 1. The van der Waals surface area contributed by atoms with E-state index in [9.17, 15) is 0 Å². The van der Waals surface area contributed by atoms with Crippen LogP contribution in [-0.4, -0.2) is 11.4 Å². The minimum absolute atomic E-state index is 0.207. The number of benzene rings is 1. The van der Waals surface area contributed by atoms with Gasteiger partial charge in [0.1, 0.15) is 12.5 Å². The SMILES string of the molecule is CC(C)(C)c1ccc2c(c1)CN(P)CO2. The standard InChI is InChI=1S/C12H18NOP/c1-12(2,3)10-4-5-11-9(6-10)7-13(15)8-14-11/h4-6H,7-8,15H2,1-3H3. The van der Waals surface area contributed by atoms with Crippen molar-refractivity contribution in [1.82, 2.24) is 4.67 Å². The number of hydrogen-bond acceptors (Lipinski definition) is 2. The van der Waals surface area contributed by atoms with Crippen LogP contribution in [0.2, 0.25) is 0 Å². The summed E-state index contributed by atoms with van der Waals surface area (Å²) in [6.07, 6.45) is 0. The maximum absolute atomic E-state index is 5.61. The van der Waals surface area contributed by atoms with Gasteiger partial charge in [-0.15, -0.1) is 0 Å². The molecule has 0 saturated carbocycles. The fourth-order valence-electron chi connectivity index (χ4n) is 1.73. The molecular formula is C12H18NOP. The molecule has 1 heterocycles. The summed E-state index contributed by atoms with van der Waals surface area (Å²) in [6, 6.07) is 6.51. The molecule has 82 valence electrons. The first kappa shape index (κ1) is 10.9. The van der Waals surface area contributed by atoms with Crippen LogP contribution in [-0.2, 0) is 12.0 Å². The van der Waals surface area contributed by atoms with Crippen molar-refractivity contribution in [2.24, 2.45) is 0 Å². The zero-order valence-electron chi connectivity index (χ0n) is 9.58. The van der Waals surface area contributed by atoms with Crippen molar-refractivity contribution < 1.29 is 4.74 Å². The predicted molar refractivity (Wildman–Crippen MR) is 65.9 cm³/mol. The van der Waals surface area contributed by atoms with Crippen LogP contribution in [0.4, 0.5) is 0 Å². The summed E-state index contributed by atoms with van der Waals surface area (Å²) >= 11 is 0. The molecular weight excluding hydrogens is 205 g/mol. The van der Waals surface area contributed by atoms with Crippen molar-refractivity contribution in [2.45, 2.75) is 32.7 Å². The van der Waals surface area contributed by atoms with E-state index in [2.05, 4.69) is 53.0 Å². The molecule has 2 nitrogen and oxygen atoms in total. The average molecular weight is 223 g/mol. The van der Waals surface area contributed by atoms with Gasteiger partial charge in [0, 0.05) is 12.1 Å². The molecule has 2 rings (SSSR count). The second kappa shape index (κ2) is 3.77. The minimum atomic E-state index is 0.207. The average Bonchev–Trinajstić information content (AvgIpc) is 2.15. The lowest BCUT2D eigenvalue weighted by atomic mass is 9.86. The molecule has 0 aliphatic carbocycles. The van der Waals surface area contributed by atoms with E-state index >= 15 is 0 Å². The zero-order valence-corrected chi connectivity index (χ0v) is 10.7. The Morgan fingerprint density at radius 3 is 2.73 bits per heavy atom. The maximum atomic E-state index is 5.61. The molecule has 0 fully saturated rings. The van der Waals surface area contributed by atoms with Gasteiger partial charge >= 0.3 is 0 Å².